The molecule has 1 atom stereocenters. The molecule has 0 fully saturated rings. The molecule has 20 heavy (non-hydrogen) atoms. The van der Waals surface area contributed by atoms with Gasteiger partial charge < -0.3 is 9.64 Å². The maximum atomic E-state index is 12.1. The summed E-state index contributed by atoms with van der Waals surface area (Å²) in [4.78, 5) is 14.5. The van der Waals surface area contributed by atoms with Crippen molar-refractivity contribution < 1.29 is 9.53 Å². The number of hydrogen-bond donors (Lipinski definition) is 1. The van der Waals surface area contributed by atoms with Gasteiger partial charge in [-0.05, 0) is 67.1 Å². The Labute approximate surface area is 125 Å². The summed E-state index contributed by atoms with van der Waals surface area (Å²) in [5.74, 6) is -0.134. The molecule has 0 rings (SSSR count). The molecule has 120 valence electrons. The molecule has 4 nitrogen and oxygen atoms in total. The van der Waals surface area contributed by atoms with Gasteiger partial charge in [0.2, 0.25) is 0 Å². The van der Waals surface area contributed by atoms with Gasteiger partial charge in [0, 0.05) is 6.04 Å². The molecule has 0 aliphatic rings. The lowest BCUT2D eigenvalue weighted by Crippen LogP contribution is -2.53. The third-order valence-corrected chi connectivity index (χ3v) is 3.44. The van der Waals surface area contributed by atoms with Gasteiger partial charge in [0.15, 0.2) is 0 Å². The number of ether oxygens (including phenoxy) is 1. The number of carbonyl (C=O) groups is 1. The molecule has 0 spiro atoms. The molecule has 0 aromatic rings. The summed E-state index contributed by atoms with van der Waals surface area (Å²) in [6.07, 6.45) is 4.26. The van der Waals surface area contributed by atoms with Crippen LogP contribution >= 0.6 is 0 Å². The van der Waals surface area contributed by atoms with Gasteiger partial charge in [-0.25, -0.2) is 0 Å². The monoisotopic (exact) mass is 286 g/mol. The second-order valence-electron chi connectivity index (χ2n) is 6.11. The number of carbonyl (C=O) groups excluding carboxylic acids is 1. The second kappa shape index (κ2) is 10.2. The molecule has 4 heteroatoms. The summed E-state index contributed by atoms with van der Waals surface area (Å²) >= 11 is 0. The fourth-order valence-corrected chi connectivity index (χ4v) is 2.40. The van der Waals surface area contributed by atoms with Crippen molar-refractivity contribution in [2.45, 2.75) is 71.9 Å². The molecule has 0 saturated carbocycles. The van der Waals surface area contributed by atoms with Crippen molar-refractivity contribution in [2.24, 2.45) is 0 Å². The van der Waals surface area contributed by atoms with Crippen molar-refractivity contribution in [1.29, 1.82) is 0 Å². The number of esters is 1. The highest BCUT2D eigenvalue weighted by atomic mass is 16.5. The van der Waals surface area contributed by atoms with E-state index in [2.05, 4.69) is 38.0 Å². The van der Waals surface area contributed by atoms with Gasteiger partial charge in [-0.2, -0.15) is 0 Å². The molecule has 0 amide bonds. The van der Waals surface area contributed by atoms with Gasteiger partial charge in [0.05, 0.1) is 6.61 Å². The highest BCUT2D eigenvalue weighted by molar-refractivity contribution is 5.80. The van der Waals surface area contributed by atoms with Crippen LogP contribution in [0.3, 0.4) is 0 Å². The van der Waals surface area contributed by atoms with E-state index in [9.17, 15) is 4.79 Å². The van der Waals surface area contributed by atoms with Gasteiger partial charge in [-0.15, -0.1) is 0 Å². The van der Waals surface area contributed by atoms with Crippen LogP contribution in [0.4, 0.5) is 0 Å². The Hall–Kier alpha value is -0.610. The number of nitrogens with one attached hydrogen (secondary N) is 1. The lowest BCUT2D eigenvalue weighted by molar-refractivity contribution is -0.151. The summed E-state index contributed by atoms with van der Waals surface area (Å²) in [5.41, 5.74) is -0.574. The normalized spacial score (nSPS) is 14.6. The molecule has 0 saturated heterocycles. The first-order valence-electron chi connectivity index (χ1n) is 7.99. The third kappa shape index (κ3) is 7.85. The minimum Gasteiger partial charge on any atom is -0.465 e. The first-order valence-corrected chi connectivity index (χ1v) is 7.99. The van der Waals surface area contributed by atoms with Crippen LogP contribution < -0.4 is 5.32 Å². The zero-order valence-corrected chi connectivity index (χ0v) is 14.3. The third-order valence-electron chi connectivity index (χ3n) is 3.44. The summed E-state index contributed by atoms with van der Waals surface area (Å²) in [5, 5.41) is 3.36. The van der Waals surface area contributed by atoms with Crippen LogP contribution in [0.15, 0.2) is 0 Å². The standard InChI is InChI=1S/C16H34N2O2/c1-7-9-12-18(6)13-10-11-16(5,17-14(3)4)15(19)20-8-2/h14,17H,7-13H2,1-6H3. The molecule has 1 unspecified atom stereocenters. The van der Waals surface area contributed by atoms with Gasteiger partial charge >= 0.3 is 5.97 Å². The number of nitrogens with zero attached hydrogens (tertiary/aromatic N) is 1. The van der Waals surface area contributed by atoms with Gasteiger partial charge in [0.1, 0.15) is 5.54 Å². The first-order chi connectivity index (χ1) is 9.35. The fraction of sp³-hybridized carbons (Fsp3) is 0.938. The van der Waals surface area contributed by atoms with E-state index in [1.807, 2.05) is 13.8 Å². The molecule has 0 aliphatic heterocycles. The molecular formula is C16H34N2O2. The lowest BCUT2D eigenvalue weighted by Gasteiger charge is -2.31. The molecule has 0 bridgehead atoms. The zero-order valence-electron chi connectivity index (χ0n) is 14.3. The van der Waals surface area contributed by atoms with Crippen molar-refractivity contribution in [3.05, 3.63) is 0 Å². The molecule has 0 aliphatic carbocycles. The summed E-state index contributed by atoms with van der Waals surface area (Å²) < 4.78 is 5.22. The largest absolute Gasteiger partial charge is 0.465 e. The van der Waals surface area contributed by atoms with E-state index >= 15 is 0 Å². The van der Waals surface area contributed by atoms with Crippen LogP contribution in [-0.2, 0) is 9.53 Å². The van der Waals surface area contributed by atoms with Crippen molar-refractivity contribution >= 4 is 5.97 Å². The highest BCUT2D eigenvalue weighted by Gasteiger charge is 2.34. The van der Waals surface area contributed by atoms with Crippen LogP contribution in [0.1, 0.15) is 60.3 Å². The highest BCUT2D eigenvalue weighted by Crippen LogP contribution is 2.16. The van der Waals surface area contributed by atoms with Crippen LogP contribution in [0, 0.1) is 0 Å². The van der Waals surface area contributed by atoms with Gasteiger partial charge in [-0.1, -0.05) is 13.3 Å². The lowest BCUT2D eigenvalue weighted by atomic mass is 9.94. The van der Waals surface area contributed by atoms with E-state index in [1.54, 1.807) is 0 Å². The van der Waals surface area contributed by atoms with Crippen LogP contribution in [0.5, 0.6) is 0 Å². The van der Waals surface area contributed by atoms with E-state index in [-0.39, 0.29) is 12.0 Å². The predicted molar refractivity (Wildman–Crippen MR) is 84.9 cm³/mol. The van der Waals surface area contributed by atoms with Crippen molar-refractivity contribution in [2.75, 3.05) is 26.7 Å². The van der Waals surface area contributed by atoms with Gasteiger partial charge in [-0.3, -0.25) is 10.1 Å². The Kier molecular flexibility index (Phi) is 9.86. The van der Waals surface area contributed by atoms with Crippen LogP contribution in [0.2, 0.25) is 0 Å². The zero-order chi connectivity index (χ0) is 15.6. The predicted octanol–water partition coefficient (Wildman–Crippen LogP) is 2.82. The number of rotatable bonds is 11. The Morgan fingerprint density at radius 3 is 2.35 bits per heavy atom. The van der Waals surface area contributed by atoms with Gasteiger partial charge in [0.25, 0.3) is 0 Å². The SMILES string of the molecule is CCCCN(C)CCCC(C)(NC(C)C)C(=O)OCC. The molecule has 0 aromatic carbocycles. The Morgan fingerprint density at radius 1 is 1.25 bits per heavy atom. The second-order valence-corrected chi connectivity index (χ2v) is 6.11. The van der Waals surface area contributed by atoms with Crippen LogP contribution in [-0.4, -0.2) is 49.2 Å². The summed E-state index contributed by atoms with van der Waals surface area (Å²) in [6, 6.07) is 0.266. The maximum absolute atomic E-state index is 12.1. The smallest absolute Gasteiger partial charge is 0.326 e. The van der Waals surface area contributed by atoms with Crippen LogP contribution in [0.25, 0.3) is 0 Å². The average Bonchev–Trinajstić information content (AvgIpc) is 2.35. The minimum atomic E-state index is -0.574. The molecule has 0 heterocycles. The van der Waals surface area contributed by atoms with Crippen molar-refractivity contribution in [3.8, 4) is 0 Å². The quantitative estimate of drug-likeness (QED) is 0.593. The molecule has 1 N–H and O–H groups in total. The Balaban J connectivity index is 4.32. The van der Waals surface area contributed by atoms with E-state index in [0.29, 0.717) is 6.61 Å². The topological polar surface area (TPSA) is 41.6 Å². The Bertz CT molecular complexity index is 269. The van der Waals surface area contributed by atoms with E-state index in [0.717, 1.165) is 25.9 Å². The van der Waals surface area contributed by atoms with E-state index in [4.69, 9.17) is 4.74 Å². The molecule has 0 radical (unpaired) electrons. The number of unbranched alkanes of at least 4 members (excludes halogenated alkanes) is 1. The molecule has 0 aromatic heterocycles. The van der Waals surface area contributed by atoms with Crippen molar-refractivity contribution in [1.82, 2.24) is 10.2 Å². The van der Waals surface area contributed by atoms with Crippen molar-refractivity contribution in [3.63, 3.8) is 0 Å². The molecular weight excluding hydrogens is 252 g/mol. The van der Waals surface area contributed by atoms with E-state index < -0.39 is 5.54 Å². The number of hydrogen-bond acceptors (Lipinski definition) is 4. The fourth-order valence-electron chi connectivity index (χ4n) is 2.40. The first kappa shape index (κ1) is 19.4. The maximum Gasteiger partial charge on any atom is 0.326 e. The minimum absolute atomic E-state index is 0.134. The summed E-state index contributed by atoms with van der Waals surface area (Å²) in [6.45, 7) is 12.7. The summed E-state index contributed by atoms with van der Waals surface area (Å²) in [7, 11) is 2.15. The van der Waals surface area contributed by atoms with E-state index in [1.165, 1.54) is 12.8 Å². The Morgan fingerprint density at radius 2 is 1.85 bits per heavy atom. The average molecular weight is 286 g/mol.